The molecule has 0 radical (unpaired) electrons. The van der Waals surface area contributed by atoms with Crippen LogP contribution in [0.3, 0.4) is 0 Å². The van der Waals surface area contributed by atoms with Crippen molar-refractivity contribution in [2.24, 2.45) is 17.8 Å². The molecule has 3 aliphatic rings. The van der Waals surface area contributed by atoms with Crippen LogP contribution < -0.4 is 9.47 Å². The molecule has 10 heteroatoms. The second-order valence-corrected chi connectivity index (χ2v) is 12.7. The van der Waals surface area contributed by atoms with Crippen molar-refractivity contribution >= 4 is 62.5 Å². The van der Waals surface area contributed by atoms with Crippen LogP contribution in [-0.2, 0) is 4.74 Å². The first-order valence-electron chi connectivity index (χ1n) is 15.2. The summed E-state index contributed by atoms with van der Waals surface area (Å²) in [4.78, 5) is 32.8. The average molecular weight is 579 g/mol. The van der Waals surface area contributed by atoms with Crippen molar-refractivity contribution in [3.63, 3.8) is 0 Å². The highest BCUT2D eigenvalue weighted by Crippen LogP contribution is 2.51. The smallest absolute Gasteiger partial charge is 0.419 e. The van der Waals surface area contributed by atoms with E-state index in [1.165, 1.54) is 6.82 Å². The van der Waals surface area contributed by atoms with Crippen molar-refractivity contribution in [1.82, 2.24) is 14.4 Å². The van der Waals surface area contributed by atoms with E-state index in [0.29, 0.717) is 45.2 Å². The summed E-state index contributed by atoms with van der Waals surface area (Å²) in [6.45, 7) is 12.6. The summed E-state index contributed by atoms with van der Waals surface area (Å²) < 4.78 is 20.6. The van der Waals surface area contributed by atoms with E-state index >= 15 is 0 Å². The van der Waals surface area contributed by atoms with E-state index in [2.05, 4.69) is 55.4 Å². The molecule has 2 amide bonds. The highest BCUT2D eigenvalue weighted by Gasteiger charge is 2.46. The summed E-state index contributed by atoms with van der Waals surface area (Å²) in [6.07, 6.45) is 0.667. The number of aromatic nitrogens is 2. The molecule has 220 valence electrons. The van der Waals surface area contributed by atoms with Crippen LogP contribution in [0.2, 0.25) is 6.82 Å². The van der Waals surface area contributed by atoms with E-state index in [0.717, 1.165) is 49.6 Å². The first-order valence-corrected chi connectivity index (χ1v) is 15.2. The van der Waals surface area contributed by atoms with Crippen LogP contribution >= 0.6 is 0 Å². The third kappa shape index (κ3) is 3.36. The van der Waals surface area contributed by atoms with Gasteiger partial charge in [0.1, 0.15) is 6.23 Å². The quantitative estimate of drug-likeness (QED) is 0.190. The Balaban J connectivity index is 1.58. The van der Waals surface area contributed by atoms with Gasteiger partial charge in [-0.05, 0) is 50.2 Å². The molecule has 5 unspecified atom stereocenters. The van der Waals surface area contributed by atoms with E-state index in [1.54, 1.807) is 0 Å². The first kappa shape index (κ1) is 26.6. The van der Waals surface area contributed by atoms with Crippen LogP contribution in [0.4, 0.5) is 0 Å². The van der Waals surface area contributed by atoms with E-state index < -0.39 is 18.9 Å². The van der Waals surface area contributed by atoms with Crippen LogP contribution in [-0.4, -0.2) is 51.1 Å². The van der Waals surface area contributed by atoms with E-state index in [1.807, 2.05) is 19.1 Å². The number of benzene rings is 3. The highest BCUT2D eigenvalue weighted by molar-refractivity contribution is 6.59. The maximum atomic E-state index is 14.2. The molecule has 8 rings (SSSR count). The molecule has 3 aromatic carbocycles. The number of ether oxygens (including phenoxy) is 3. The molecule has 0 aliphatic carbocycles. The zero-order chi connectivity index (χ0) is 30.1. The number of carbonyl (C=O) groups excluding carboxylic acids is 2. The Bertz CT molecular complexity index is 2040. The Morgan fingerprint density at radius 3 is 2.35 bits per heavy atom. The van der Waals surface area contributed by atoms with Crippen molar-refractivity contribution in [3.05, 3.63) is 47.0 Å². The topological polar surface area (TPSA) is 106 Å². The van der Waals surface area contributed by atoms with Crippen molar-refractivity contribution in [2.45, 2.75) is 60.2 Å². The van der Waals surface area contributed by atoms with Gasteiger partial charge in [-0.15, -0.1) is 0 Å². The van der Waals surface area contributed by atoms with Crippen LogP contribution in [0.25, 0.3) is 43.6 Å². The van der Waals surface area contributed by atoms with Crippen molar-refractivity contribution in [2.75, 3.05) is 6.79 Å². The lowest BCUT2D eigenvalue weighted by Crippen LogP contribution is -2.42. The fraction of sp³-hybridized carbons (Fsp3) is 0.394. The van der Waals surface area contributed by atoms with Crippen LogP contribution in [0.1, 0.15) is 66.6 Å². The maximum absolute atomic E-state index is 14.2. The van der Waals surface area contributed by atoms with Gasteiger partial charge in [0.2, 0.25) is 6.79 Å². The molecule has 5 atom stereocenters. The number of nitrogens with zero attached hydrogens (tertiary/aromatic N) is 2. The number of aromatic amines is 1. The van der Waals surface area contributed by atoms with Crippen molar-refractivity contribution < 1.29 is 28.8 Å². The van der Waals surface area contributed by atoms with Crippen LogP contribution in [0, 0.1) is 24.7 Å². The minimum Gasteiger partial charge on any atom is -0.454 e. The Hall–Kier alpha value is -4.02. The fourth-order valence-corrected chi connectivity index (χ4v) is 7.83. The number of rotatable bonds is 3. The average Bonchev–Trinajstić information content (AvgIpc) is 3.72. The zero-order valence-electron chi connectivity index (χ0n) is 25.1. The van der Waals surface area contributed by atoms with Gasteiger partial charge in [0, 0.05) is 33.5 Å². The third-order valence-corrected chi connectivity index (χ3v) is 10.3. The van der Waals surface area contributed by atoms with Gasteiger partial charge in [-0.25, -0.2) is 0 Å². The fourth-order valence-electron chi connectivity index (χ4n) is 7.83. The molecule has 2 aromatic heterocycles. The lowest BCUT2D eigenvalue weighted by atomic mass is 9.77. The van der Waals surface area contributed by atoms with Crippen LogP contribution in [0.5, 0.6) is 11.5 Å². The number of imide groups is 1. The Labute approximate surface area is 248 Å². The highest BCUT2D eigenvalue weighted by atomic mass is 16.7. The number of hydrogen-bond acceptors (Lipinski definition) is 6. The number of aryl methyl sites for hydroxylation is 1. The Morgan fingerprint density at radius 2 is 1.65 bits per heavy atom. The standard InChI is InChI=1S/C33H34BN3O6/c1-7-22-16(4)15(3)17(5)33(43-22)36-21-9-8-14(2)10-19(21)26-28-27(31(38)37(32(28)39)34(6)40)25-18-11-23-24(42-13-41-23)12-20(18)35-29(25)30(26)36/h8-12,15-17,22,33,35,40H,7,13H2,1-6H3. The molecule has 9 nitrogen and oxygen atoms in total. The number of H-pyrrole nitrogens is 1. The molecule has 2 N–H and O–H groups in total. The number of amides is 2. The minimum absolute atomic E-state index is 0.0768. The summed E-state index contributed by atoms with van der Waals surface area (Å²) in [6, 6.07) is 10.0. The SMILES string of the molecule is CCC1OC(n2c3ccc(C)cc3c3c4c(c5c6cc7c(cc6[nH]c5c32)OCO7)C(=O)N(B(C)O)C4=O)C(C)C(C)C1C. The molecule has 1 fully saturated rings. The second-order valence-electron chi connectivity index (χ2n) is 12.7. The van der Waals surface area contributed by atoms with E-state index in [4.69, 9.17) is 14.2 Å². The summed E-state index contributed by atoms with van der Waals surface area (Å²) in [7, 11) is -1.28. The molecule has 3 aliphatic heterocycles. The molecule has 5 aromatic rings. The predicted octanol–water partition coefficient (Wildman–Crippen LogP) is 6.39. The number of fused-ring (bicyclic) bond motifs is 11. The van der Waals surface area contributed by atoms with Crippen molar-refractivity contribution in [3.8, 4) is 11.5 Å². The molecular formula is C33H34BN3O6. The van der Waals surface area contributed by atoms with Crippen LogP contribution in [0.15, 0.2) is 30.3 Å². The normalized spacial score (nSPS) is 25.2. The van der Waals surface area contributed by atoms with Gasteiger partial charge in [-0.2, -0.15) is 0 Å². The monoisotopic (exact) mass is 579 g/mol. The maximum Gasteiger partial charge on any atom is 0.419 e. The summed E-state index contributed by atoms with van der Waals surface area (Å²) in [5.41, 5.74) is 4.91. The number of carbonyl (C=O) groups is 2. The number of nitrogens with one attached hydrogen (secondary N) is 1. The summed E-state index contributed by atoms with van der Waals surface area (Å²) in [5, 5.41) is 13.6. The summed E-state index contributed by atoms with van der Waals surface area (Å²) in [5.74, 6) is 1.15. The van der Waals surface area contributed by atoms with Crippen molar-refractivity contribution in [1.29, 1.82) is 0 Å². The van der Waals surface area contributed by atoms with Gasteiger partial charge in [0.05, 0.1) is 39.3 Å². The predicted molar refractivity (Wildman–Crippen MR) is 166 cm³/mol. The molecule has 5 heterocycles. The second kappa shape index (κ2) is 9.00. The zero-order valence-corrected chi connectivity index (χ0v) is 25.1. The first-order chi connectivity index (χ1) is 20.6. The lowest BCUT2D eigenvalue weighted by molar-refractivity contribution is -0.164. The van der Waals surface area contributed by atoms with Gasteiger partial charge in [0.15, 0.2) is 11.5 Å². The Morgan fingerprint density at radius 1 is 0.953 bits per heavy atom. The summed E-state index contributed by atoms with van der Waals surface area (Å²) >= 11 is 0. The van der Waals surface area contributed by atoms with E-state index in [9.17, 15) is 14.6 Å². The molecule has 0 spiro atoms. The molecule has 1 saturated heterocycles. The van der Waals surface area contributed by atoms with Gasteiger partial charge in [-0.3, -0.25) is 14.4 Å². The van der Waals surface area contributed by atoms with Gasteiger partial charge in [0.25, 0.3) is 11.8 Å². The molecule has 0 bridgehead atoms. The van der Waals surface area contributed by atoms with E-state index in [-0.39, 0.29) is 25.0 Å². The largest absolute Gasteiger partial charge is 0.454 e. The molecule has 0 saturated carbocycles. The molecular weight excluding hydrogens is 545 g/mol. The number of hydrogen-bond donors (Lipinski definition) is 2. The third-order valence-electron chi connectivity index (χ3n) is 10.3. The van der Waals surface area contributed by atoms with Gasteiger partial charge >= 0.3 is 7.05 Å². The Kier molecular flexibility index (Phi) is 5.57. The minimum atomic E-state index is -1.28. The van der Waals surface area contributed by atoms with Gasteiger partial charge in [-0.1, -0.05) is 39.3 Å². The van der Waals surface area contributed by atoms with Gasteiger partial charge < -0.3 is 28.8 Å². The lowest BCUT2D eigenvalue weighted by Gasteiger charge is -2.44. The molecule has 43 heavy (non-hydrogen) atoms.